The number of hydrogen-bond donors (Lipinski definition) is 0. The zero-order chi connectivity index (χ0) is 17.3. The minimum atomic E-state index is -3.57. The first-order valence-corrected chi connectivity index (χ1v) is 9.59. The molecule has 1 unspecified atom stereocenters. The molecule has 0 N–H and O–H groups in total. The smallest absolute Gasteiger partial charge is 0.264 e. The van der Waals surface area contributed by atoms with Crippen LogP contribution in [0.2, 0.25) is 5.02 Å². The van der Waals surface area contributed by atoms with Crippen LogP contribution in [-0.2, 0) is 10.0 Å². The maximum atomic E-state index is 12.8. The van der Waals surface area contributed by atoms with Crippen LogP contribution in [0.1, 0.15) is 30.5 Å². The summed E-state index contributed by atoms with van der Waals surface area (Å²) in [5.74, 6) is 0.492. The molecule has 0 saturated carbocycles. The standard InChI is InChI=1S/C18H19ClN2O2S/c1-13-7-9-15(10-8-13)24(22,23)21-12-11-18(20-14(21)2)16-5-3-4-6-17(16)19/h3-10,18H,11-12H2,1-2H3. The van der Waals surface area contributed by atoms with Crippen LogP contribution in [0.4, 0.5) is 0 Å². The van der Waals surface area contributed by atoms with Crippen LogP contribution in [0.3, 0.4) is 0 Å². The van der Waals surface area contributed by atoms with Gasteiger partial charge in [-0.05, 0) is 44.0 Å². The lowest BCUT2D eigenvalue weighted by atomic mass is 10.0. The van der Waals surface area contributed by atoms with Crippen LogP contribution in [-0.4, -0.2) is 25.1 Å². The summed E-state index contributed by atoms with van der Waals surface area (Å²) in [6.45, 7) is 4.05. The summed E-state index contributed by atoms with van der Waals surface area (Å²) in [5, 5.41) is 0.661. The van der Waals surface area contributed by atoms with Gasteiger partial charge in [0, 0.05) is 11.6 Å². The first-order valence-electron chi connectivity index (χ1n) is 7.78. The maximum Gasteiger partial charge on any atom is 0.265 e. The molecule has 0 saturated heterocycles. The van der Waals surface area contributed by atoms with Gasteiger partial charge in [0.1, 0.15) is 5.84 Å². The number of amidine groups is 1. The Morgan fingerprint density at radius 3 is 2.38 bits per heavy atom. The van der Waals surface area contributed by atoms with E-state index in [0.29, 0.717) is 28.7 Å². The zero-order valence-electron chi connectivity index (χ0n) is 13.6. The molecule has 24 heavy (non-hydrogen) atoms. The van der Waals surface area contributed by atoms with E-state index in [-0.39, 0.29) is 6.04 Å². The van der Waals surface area contributed by atoms with Crippen molar-refractivity contribution in [2.45, 2.75) is 31.2 Å². The van der Waals surface area contributed by atoms with E-state index in [0.717, 1.165) is 11.1 Å². The Bertz CT molecular complexity index is 876. The fourth-order valence-electron chi connectivity index (χ4n) is 2.86. The molecule has 6 heteroatoms. The highest BCUT2D eigenvalue weighted by molar-refractivity contribution is 7.89. The molecule has 0 radical (unpaired) electrons. The Hall–Kier alpha value is -1.85. The summed E-state index contributed by atoms with van der Waals surface area (Å²) < 4.78 is 27.1. The van der Waals surface area contributed by atoms with E-state index >= 15 is 0 Å². The third kappa shape index (κ3) is 3.19. The maximum absolute atomic E-state index is 12.8. The minimum absolute atomic E-state index is 0.108. The normalized spacial score (nSPS) is 18.4. The second kappa shape index (κ2) is 6.57. The number of nitrogens with zero attached hydrogens (tertiary/aromatic N) is 2. The van der Waals surface area contributed by atoms with Crippen molar-refractivity contribution in [2.24, 2.45) is 4.99 Å². The molecule has 1 aliphatic heterocycles. The lowest BCUT2D eigenvalue weighted by Gasteiger charge is -2.31. The summed E-state index contributed by atoms with van der Waals surface area (Å²) in [5.41, 5.74) is 1.96. The Morgan fingerprint density at radius 2 is 1.75 bits per heavy atom. The van der Waals surface area contributed by atoms with Crippen molar-refractivity contribution in [2.75, 3.05) is 6.54 Å². The van der Waals surface area contributed by atoms with Gasteiger partial charge < -0.3 is 0 Å². The molecule has 0 spiro atoms. The fourth-order valence-corrected chi connectivity index (χ4v) is 4.59. The number of rotatable bonds is 3. The Morgan fingerprint density at radius 1 is 1.08 bits per heavy atom. The topological polar surface area (TPSA) is 49.7 Å². The minimum Gasteiger partial charge on any atom is -0.264 e. The van der Waals surface area contributed by atoms with Crippen LogP contribution in [0.25, 0.3) is 0 Å². The fraction of sp³-hybridized carbons (Fsp3) is 0.278. The second-order valence-electron chi connectivity index (χ2n) is 5.89. The van der Waals surface area contributed by atoms with Gasteiger partial charge in [-0.1, -0.05) is 47.5 Å². The molecule has 3 rings (SSSR count). The first kappa shape index (κ1) is 17.0. The molecule has 0 amide bonds. The van der Waals surface area contributed by atoms with Crippen molar-refractivity contribution in [3.63, 3.8) is 0 Å². The molecular weight excluding hydrogens is 344 g/mol. The van der Waals surface area contributed by atoms with E-state index in [1.54, 1.807) is 31.2 Å². The van der Waals surface area contributed by atoms with Crippen molar-refractivity contribution >= 4 is 27.5 Å². The van der Waals surface area contributed by atoms with Gasteiger partial charge >= 0.3 is 0 Å². The summed E-state index contributed by atoms with van der Waals surface area (Å²) in [6, 6.07) is 14.3. The van der Waals surface area contributed by atoms with Crippen molar-refractivity contribution in [3.05, 3.63) is 64.7 Å². The van der Waals surface area contributed by atoms with E-state index in [9.17, 15) is 8.42 Å². The van der Waals surface area contributed by atoms with Crippen LogP contribution < -0.4 is 0 Å². The number of sulfonamides is 1. The highest BCUT2D eigenvalue weighted by Gasteiger charge is 2.30. The third-order valence-corrected chi connectivity index (χ3v) is 6.42. The molecule has 2 aromatic carbocycles. The molecule has 2 aromatic rings. The van der Waals surface area contributed by atoms with E-state index in [1.807, 2.05) is 31.2 Å². The third-order valence-electron chi connectivity index (χ3n) is 4.18. The van der Waals surface area contributed by atoms with Crippen LogP contribution in [0.15, 0.2) is 58.4 Å². The van der Waals surface area contributed by atoms with Gasteiger partial charge in [-0.15, -0.1) is 0 Å². The summed E-state index contributed by atoms with van der Waals surface area (Å²) in [4.78, 5) is 4.87. The van der Waals surface area contributed by atoms with E-state index < -0.39 is 10.0 Å². The Kier molecular flexibility index (Phi) is 4.65. The van der Waals surface area contributed by atoms with Gasteiger partial charge in [0.2, 0.25) is 0 Å². The molecule has 1 atom stereocenters. The van der Waals surface area contributed by atoms with Gasteiger partial charge in [-0.2, -0.15) is 0 Å². The largest absolute Gasteiger partial charge is 0.265 e. The van der Waals surface area contributed by atoms with E-state index in [2.05, 4.69) is 4.99 Å². The summed E-state index contributed by atoms with van der Waals surface area (Å²) in [7, 11) is -3.57. The number of benzene rings is 2. The lowest BCUT2D eigenvalue weighted by Crippen LogP contribution is -2.39. The monoisotopic (exact) mass is 362 g/mol. The van der Waals surface area contributed by atoms with Crippen LogP contribution >= 0.6 is 11.6 Å². The number of halogens is 1. The average Bonchev–Trinajstić information content (AvgIpc) is 2.55. The van der Waals surface area contributed by atoms with Gasteiger partial charge in [-0.25, -0.2) is 8.42 Å². The second-order valence-corrected chi connectivity index (χ2v) is 8.16. The number of aryl methyl sites for hydroxylation is 1. The van der Waals surface area contributed by atoms with Crippen LogP contribution in [0.5, 0.6) is 0 Å². The van der Waals surface area contributed by atoms with Crippen molar-refractivity contribution in [3.8, 4) is 0 Å². The highest BCUT2D eigenvalue weighted by Crippen LogP contribution is 2.32. The molecule has 0 aromatic heterocycles. The van der Waals surface area contributed by atoms with Crippen molar-refractivity contribution in [1.29, 1.82) is 0 Å². The van der Waals surface area contributed by atoms with Gasteiger partial charge in [0.05, 0.1) is 10.9 Å². The van der Waals surface area contributed by atoms with Crippen LogP contribution in [0, 0.1) is 6.92 Å². The van der Waals surface area contributed by atoms with E-state index in [4.69, 9.17) is 11.6 Å². The number of hydrogen-bond acceptors (Lipinski definition) is 3. The molecule has 1 heterocycles. The SMILES string of the molecule is CC1=NC(c2ccccc2Cl)CCN1S(=O)(=O)c1ccc(C)cc1. The first-order chi connectivity index (χ1) is 11.4. The molecule has 4 nitrogen and oxygen atoms in total. The summed E-state index contributed by atoms with van der Waals surface area (Å²) in [6.07, 6.45) is 0.603. The lowest BCUT2D eigenvalue weighted by molar-refractivity contribution is 0.464. The Labute approximate surface area is 147 Å². The summed E-state index contributed by atoms with van der Waals surface area (Å²) >= 11 is 6.24. The van der Waals surface area contributed by atoms with Gasteiger partial charge in [0.15, 0.2) is 0 Å². The zero-order valence-corrected chi connectivity index (χ0v) is 15.2. The predicted molar refractivity (Wildman–Crippen MR) is 97.0 cm³/mol. The molecular formula is C18H19ClN2O2S. The van der Waals surface area contributed by atoms with E-state index in [1.165, 1.54) is 4.31 Å². The van der Waals surface area contributed by atoms with Crippen molar-refractivity contribution in [1.82, 2.24) is 4.31 Å². The quantitative estimate of drug-likeness (QED) is 0.821. The van der Waals surface area contributed by atoms with Gasteiger partial charge in [0.25, 0.3) is 10.0 Å². The molecule has 0 fully saturated rings. The molecule has 1 aliphatic rings. The average molecular weight is 363 g/mol. The molecule has 126 valence electrons. The molecule has 0 aliphatic carbocycles. The highest BCUT2D eigenvalue weighted by atomic mass is 35.5. The Balaban J connectivity index is 1.91. The number of aliphatic imine (C=N–C) groups is 1. The predicted octanol–water partition coefficient (Wildman–Crippen LogP) is 4.20. The van der Waals surface area contributed by atoms with Crippen molar-refractivity contribution < 1.29 is 8.42 Å². The molecule has 0 bridgehead atoms. The van der Waals surface area contributed by atoms with Gasteiger partial charge in [-0.3, -0.25) is 9.30 Å².